The molecule has 0 saturated carbocycles. The maximum Gasteiger partial charge on any atom is 0.182 e. The average Bonchev–Trinajstić information content (AvgIpc) is 2.69. The highest BCUT2D eigenvalue weighted by molar-refractivity contribution is 14.1. The lowest BCUT2D eigenvalue weighted by molar-refractivity contribution is 0.615. The van der Waals surface area contributed by atoms with E-state index in [1.54, 1.807) is 18.2 Å². The van der Waals surface area contributed by atoms with Gasteiger partial charge >= 0.3 is 0 Å². The van der Waals surface area contributed by atoms with Crippen molar-refractivity contribution in [2.75, 3.05) is 0 Å². The molecule has 1 N–H and O–H groups in total. The third-order valence-corrected chi connectivity index (χ3v) is 4.48. The lowest BCUT2D eigenvalue weighted by atomic mass is 10.2. The molecule has 0 aliphatic carbocycles. The van der Waals surface area contributed by atoms with E-state index < -0.39 is 5.82 Å². The molecule has 2 aromatic carbocycles. The van der Waals surface area contributed by atoms with Crippen molar-refractivity contribution >= 4 is 61.8 Å². The third kappa shape index (κ3) is 2.31. The summed E-state index contributed by atoms with van der Waals surface area (Å²) in [6.07, 6.45) is 0. The van der Waals surface area contributed by atoms with E-state index in [4.69, 9.17) is 12.2 Å². The van der Waals surface area contributed by atoms with Crippen LogP contribution in [0, 0.1) is 20.0 Å². The molecule has 0 atom stereocenters. The Bertz CT molecular complexity index is 888. The quantitative estimate of drug-likeness (QED) is 0.379. The van der Waals surface area contributed by atoms with Crippen LogP contribution in [0.5, 0.6) is 0 Å². The molecule has 2 nitrogen and oxygen atoms in total. The van der Waals surface area contributed by atoms with Crippen LogP contribution in [0.25, 0.3) is 16.7 Å². The number of benzene rings is 2. The van der Waals surface area contributed by atoms with Crippen molar-refractivity contribution in [1.29, 1.82) is 0 Å². The van der Waals surface area contributed by atoms with Crippen molar-refractivity contribution < 1.29 is 8.78 Å². The highest BCUT2D eigenvalue weighted by Crippen LogP contribution is 2.26. The fourth-order valence-electron chi connectivity index (χ4n) is 2.00. The summed E-state index contributed by atoms with van der Waals surface area (Å²) in [5.74, 6) is -0.791. The topological polar surface area (TPSA) is 20.7 Å². The molecule has 0 bridgehead atoms. The molecule has 0 radical (unpaired) electrons. The Hall–Kier alpha value is -0.800. The zero-order chi connectivity index (χ0) is 14.4. The summed E-state index contributed by atoms with van der Waals surface area (Å²) in [7, 11) is 0. The van der Waals surface area contributed by atoms with Gasteiger partial charge in [-0.15, -0.1) is 0 Å². The molecule has 1 aromatic heterocycles. The van der Waals surface area contributed by atoms with Gasteiger partial charge in [-0.25, -0.2) is 8.78 Å². The van der Waals surface area contributed by atoms with E-state index in [2.05, 4.69) is 20.9 Å². The van der Waals surface area contributed by atoms with Gasteiger partial charge in [0.05, 0.1) is 20.3 Å². The smallest absolute Gasteiger partial charge is 0.182 e. The molecule has 1 heterocycles. The minimum Gasteiger partial charge on any atom is -0.330 e. The Morgan fingerprint density at radius 2 is 1.90 bits per heavy atom. The molecule has 102 valence electrons. The third-order valence-electron chi connectivity index (χ3n) is 2.87. The lowest BCUT2D eigenvalue weighted by Crippen LogP contribution is -1.98. The van der Waals surface area contributed by atoms with Crippen LogP contribution in [0.2, 0.25) is 0 Å². The Balaban J connectivity index is 2.42. The SMILES string of the molecule is Fc1cc2c(cc1I)[nH]c(=S)n2-c1cc(Br)ccc1F. The first kappa shape index (κ1) is 14.2. The summed E-state index contributed by atoms with van der Waals surface area (Å²) in [4.78, 5) is 2.96. The van der Waals surface area contributed by atoms with E-state index in [1.807, 2.05) is 22.6 Å². The highest BCUT2D eigenvalue weighted by atomic mass is 127. The number of imidazole rings is 1. The van der Waals surface area contributed by atoms with Crippen molar-refractivity contribution in [2.24, 2.45) is 0 Å². The Morgan fingerprint density at radius 3 is 2.65 bits per heavy atom. The van der Waals surface area contributed by atoms with E-state index >= 15 is 0 Å². The van der Waals surface area contributed by atoms with Crippen LogP contribution < -0.4 is 0 Å². The summed E-state index contributed by atoms with van der Waals surface area (Å²) in [5.41, 5.74) is 1.45. The van der Waals surface area contributed by atoms with Gasteiger partial charge in [-0.3, -0.25) is 4.57 Å². The van der Waals surface area contributed by atoms with Crippen molar-refractivity contribution in [3.63, 3.8) is 0 Å². The van der Waals surface area contributed by atoms with Gasteiger partial charge in [0.25, 0.3) is 0 Å². The van der Waals surface area contributed by atoms with Gasteiger partial charge in [-0.1, -0.05) is 15.9 Å². The number of nitrogens with zero attached hydrogens (tertiary/aromatic N) is 1. The number of aromatic nitrogens is 2. The van der Waals surface area contributed by atoms with Crippen molar-refractivity contribution in [3.05, 3.63) is 54.8 Å². The van der Waals surface area contributed by atoms with E-state index in [9.17, 15) is 8.78 Å². The molecule has 3 rings (SSSR count). The first-order chi connectivity index (χ1) is 9.47. The molecular formula is C13H6BrF2IN2S. The molecule has 3 aromatic rings. The summed E-state index contributed by atoms with van der Waals surface area (Å²) >= 11 is 10.4. The summed E-state index contributed by atoms with van der Waals surface area (Å²) in [5, 5.41) is 0. The molecule has 0 unspecified atom stereocenters. The molecule has 0 fully saturated rings. The molecule has 0 aliphatic rings. The minimum atomic E-state index is -0.427. The molecule has 0 saturated heterocycles. The summed E-state index contributed by atoms with van der Waals surface area (Å²) in [6, 6.07) is 7.54. The number of halogens is 4. The first-order valence-electron chi connectivity index (χ1n) is 5.52. The second-order valence-corrected chi connectivity index (χ2v) is 6.61. The normalized spacial score (nSPS) is 11.2. The molecule has 0 amide bonds. The predicted molar refractivity (Wildman–Crippen MR) is 88.8 cm³/mol. The number of fused-ring (bicyclic) bond motifs is 1. The summed E-state index contributed by atoms with van der Waals surface area (Å²) < 4.78 is 30.8. The van der Waals surface area contributed by atoms with Gasteiger partial charge in [0.15, 0.2) is 4.77 Å². The fourth-order valence-corrected chi connectivity index (χ4v) is 3.12. The van der Waals surface area contributed by atoms with E-state index in [0.717, 1.165) is 4.47 Å². The van der Waals surface area contributed by atoms with Crippen LogP contribution >= 0.6 is 50.7 Å². The van der Waals surface area contributed by atoms with E-state index in [1.165, 1.54) is 16.7 Å². The number of rotatable bonds is 1. The van der Waals surface area contributed by atoms with Gasteiger partial charge in [0.1, 0.15) is 11.6 Å². The number of nitrogens with one attached hydrogen (secondary N) is 1. The zero-order valence-electron chi connectivity index (χ0n) is 9.75. The molecular weight excluding hydrogens is 461 g/mol. The second kappa shape index (κ2) is 5.19. The maximum atomic E-state index is 14.0. The number of H-pyrrole nitrogens is 1. The van der Waals surface area contributed by atoms with Gasteiger partial charge in [0, 0.05) is 10.5 Å². The molecule has 0 aliphatic heterocycles. The Kier molecular flexibility index (Phi) is 3.67. The number of hydrogen-bond donors (Lipinski definition) is 1. The van der Waals surface area contributed by atoms with Crippen LogP contribution in [0.3, 0.4) is 0 Å². The van der Waals surface area contributed by atoms with Crippen LogP contribution in [0.4, 0.5) is 8.78 Å². The van der Waals surface area contributed by atoms with Crippen molar-refractivity contribution in [1.82, 2.24) is 9.55 Å². The fraction of sp³-hybridized carbons (Fsp3) is 0. The molecule has 7 heteroatoms. The zero-order valence-corrected chi connectivity index (χ0v) is 14.3. The maximum absolute atomic E-state index is 14.0. The van der Waals surface area contributed by atoms with Gasteiger partial charge in [-0.2, -0.15) is 0 Å². The van der Waals surface area contributed by atoms with Gasteiger partial charge in [0.2, 0.25) is 0 Å². The van der Waals surface area contributed by atoms with E-state index in [-0.39, 0.29) is 11.5 Å². The largest absolute Gasteiger partial charge is 0.330 e. The van der Waals surface area contributed by atoms with Crippen molar-refractivity contribution in [2.45, 2.75) is 0 Å². The van der Waals surface area contributed by atoms with Crippen LogP contribution in [0.1, 0.15) is 0 Å². The van der Waals surface area contributed by atoms with Gasteiger partial charge in [-0.05, 0) is 59.1 Å². The number of aromatic amines is 1. The molecule has 0 spiro atoms. The highest BCUT2D eigenvalue weighted by Gasteiger charge is 2.13. The van der Waals surface area contributed by atoms with Crippen LogP contribution in [-0.2, 0) is 0 Å². The standard InChI is InChI=1S/C13H6BrF2IN2S/c14-6-1-2-7(15)11(3-6)19-12-4-8(16)9(17)5-10(12)18-13(19)20/h1-5H,(H,18,20). The minimum absolute atomic E-state index is 0.274. The Morgan fingerprint density at radius 1 is 1.15 bits per heavy atom. The monoisotopic (exact) mass is 466 g/mol. The average molecular weight is 467 g/mol. The Labute approximate surface area is 140 Å². The van der Waals surface area contributed by atoms with Gasteiger partial charge < -0.3 is 4.98 Å². The second-order valence-electron chi connectivity index (χ2n) is 4.14. The summed E-state index contributed by atoms with van der Waals surface area (Å²) in [6.45, 7) is 0. The predicted octanol–water partition coefficient (Wildman–Crippen LogP) is 5.33. The van der Waals surface area contributed by atoms with Crippen LogP contribution in [-0.4, -0.2) is 9.55 Å². The van der Waals surface area contributed by atoms with Crippen LogP contribution in [0.15, 0.2) is 34.8 Å². The molecule has 20 heavy (non-hydrogen) atoms. The van der Waals surface area contributed by atoms with E-state index in [0.29, 0.717) is 19.4 Å². The van der Waals surface area contributed by atoms with Crippen molar-refractivity contribution in [3.8, 4) is 5.69 Å². The lowest BCUT2D eigenvalue weighted by Gasteiger charge is -2.07. The number of hydrogen-bond acceptors (Lipinski definition) is 1. The first-order valence-corrected chi connectivity index (χ1v) is 7.80.